The van der Waals surface area contributed by atoms with Crippen molar-refractivity contribution in [2.45, 2.75) is 0 Å². The fourth-order valence-electron chi connectivity index (χ4n) is 9.04. The first-order chi connectivity index (χ1) is 28.3. The van der Waals surface area contributed by atoms with Crippen LogP contribution in [-0.4, -0.2) is 0 Å². The Morgan fingerprint density at radius 2 is 0.947 bits per heavy atom. The van der Waals surface area contributed by atoms with E-state index in [2.05, 4.69) is 193 Å². The molecule has 12 rings (SSSR count). The van der Waals surface area contributed by atoms with Gasteiger partial charge in [-0.05, 0) is 98.2 Å². The van der Waals surface area contributed by atoms with E-state index in [9.17, 15) is 0 Å². The lowest BCUT2D eigenvalue weighted by Gasteiger charge is -2.31. The highest BCUT2D eigenvalue weighted by Crippen LogP contribution is 2.51. The van der Waals surface area contributed by atoms with Crippen LogP contribution in [0.1, 0.15) is 0 Å². The van der Waals surface area contributed by atoms with Crippen molar-refractivity contribution in [2.24, 2.45) is 0 Å². The van der Waals surface area contributed by atoms with Gasteiger partial charge in [-0.1, -0.05) is 146 Å². The quantitative estimate of drug-likeness (QED) is 0.163. The van der Waals surface area contributed by atoms with Crippen molar-refractivity contribution in [3.8, 4) is 22.3 Å². The largest absolute Gasteiger partial charge is 0.456 e. The number of rotatable bonds is 5. The third kappa shape index (κ3) is 5.03. The molecule has 0 N–H and O–H groups in total. The Labute approximate surface area is 333 Å². The van der Waals surface area contributed by atoms with Crippen LogP contribution in [0.4, 0.5) is 17.1 Å². The minimum absolute atomic E-state index is 0.901. The molecule has 0 bridgehead atoms. The summed E-state index contributed by atoms with van der Waals surface area (Å²) in [7, 11) is 0. The van der Waals surface area contributed by atoms with Gasteiger partial charge in [0, 0.05) is 53.3 Å². The second-order valence-electron chi connectivity index (χ2n) is 14.8. The molecule has 12 aromatic rings. The summed E-state index contributed by atoms with van der Waals surface area (Å²) in [6, 6.07) is 73.0. The van der Waals surface area contributed by atoms with Gasteiger partial charge in [0.25, 0.3) is 0 Å². The second kappa shape index (κ2) is 12.7. The van der Waals surface area contributed by atoms with E-state index < -0.39 is 0 Å². The van der Waals surface area contributed by atoms with E-state index in [4.69, 9.17) is 4.42 Å². The summed E-state index contributed by atoms with van der Waals surface area (Å²) in [5.41, 5.74) is 9.87. The molecule has 2 nitrogen and oxygen atoms in total. The molecule has 57 heavy (non-hydrogen) atoms. The van der Waals surface area contributed by atoms with Crippen molar-refractivity contribution in [3.63, 3.8) is 0 Å². The zero-order valence-electron chi connectivity index (χ0n) is 30.8. The molecular weight excluding hydrogens is 711 g/mol. The van der Waals surface area contributed by atoms with Crippen LogP contribution in [0.5, 0.6) is 0 Å². The van der Waals surface area contributed by atoms with Crippen molar-refractivity contribution < 1.29 is 4.42 Å². The summed E-state index contributed by atoms with van der Waals surface area (Å²) < 4.78 is 8.89. The topological polar surface area (TPSA) is 16.4 Å². The van der Waals surface area contributed by atoms with Crippen LogP contribution in [-0.2, 0) is 0 Å². The molecule has 0 amide bonds. The fraction of sp³-hybridized carbons (Fsp3) is 0. The molecule has 3 heteroatoms. The number of thiophene rings is 1. The smallest absolute Gasteiger partial charge is 0.136 e. The summed E-state index contributed by atoms with van der Waals surface area (Å²) in [6.45, 7) is 0. The number of anilines is 3. The standard InChI is InChI=1S/C54H33NOS/c1-2-14-39-35(12-1)13-11-21-45(39)53-46-19-5-3-15-40(46)41-16-4-6-20-47(41)54(53)55(38-29-31-52-48(33-38)44-18-8-10-23-51(44)57-52)37-27-24-34(25-28-37)36-26-30-43-42-17-7-9-22-49(42)56-50(43)32-36/h1-33H. The Balaban J connectivity index is 1.15. The van der Waals surface area contributed by atoms with Crippen molar-refractivity contribution in [1.82, 2.24) is 0 Å². The van der Waals surface area contributed by atoms with Crippen LogP contribution in [0.15, 0.2) is 205 Å². The van der Waals surface area contributed by atoms with Crippen LogP contribution < -0.4 is 4.90 Å². The van der Waals surface area contributed by atoms with Crippen molar-refractivity contribution in [1.29, 1.82) is 0 Å². The molecule has 10 aromatic carbocycles. The van der Waals surface area contributed by atoms with E-state index in [0.717, 1.165) is 50.1 Å². The zero-order valence-corrected chi connectivity index (χ0v) is 31.6. The molecule has 2 heterocycles. The molecule has 0 saturated heterocycles. The Bertz CT molecular complexity index is 3530. The number of fused-ring (bicyclic) bond motifs is 10. The summed E-state index contributed by atoms with van der Waals surface area (Å²) in [4.78, 5) is 2.50. The summed E-state index contributed by atoms with van der Waals surface area (Å²) in [5, 5.41) is 12.2. The van der Waals surface area contributed by atoms with E-state index in [0.29, 0.717) is 0 Å². The van der Waals surface area contributed by atoms with Gasteiger partial charge in [-0.2, -0.15) is 0 Å². The molecule has 0 aliphatic carbocycles. The fourth-order valence-corrected chi connectivity index (χ4v) is 10.1. The Hall–Kier alpha value is -7.20. The van der Waals surface area contributed by atoms with Crippen molar-refractivity contribution in [3.05, 3.63) is 200 Å². The van der Waals surface area contributed by atoms with Gasteiger partial charge in [0.2, 0.25) is 0 Å². The molecule has 0 aliphatic rings. The third-order valence-corrected chi connectivity index (χ3v) is 12.8. The third-order valence-electron chi connectivity index (χ3n) is 11.6. The van der Waals surface area contributed by atoms with Crippen LogP contribution >= 0.6 is 11.3 Å². The number of para-hydroxylation sites is 1. The molecule has 0 radical (unpaired) electrons. The molecule has 0 saturated carbocycles. The average Bonchev–Trinajstić information content (AvgIpc) is 3.84. The predicted molar refractivity (Wildman–Crippen MR) is 245 cm³/mol. The van der Waals surface area contributed by atoms with Crippen LogP contribution in [0.25, 0.3) is 96.7 Å². The van der Waals surface area contributed by atoms with Gasteiger partial charge >= 0.3 is 0 Å². The maximum atomic E-state index is 6.31. The maximum Gasteiger partial charge on any atom is 0.136 e. The van der Waals surface area contributed by atoms with E-state index in [1.165, 1.54) is 63.6 Å². The van der Waals surface area contributed by atoms with Crippen molar-refractivity contribution >= 4 is 103 Å². The average molecular weight is 744 g/mol. The SMILES string of the molecule is c1ccc2c(-c3c(N(c4ccc(-c5ccc6c(c5)oc5ccccc56)cc4)c4ccc5sc6ccccc6c5c4)c4ccccc4c4ccccc34)cccc2c1. The molecule has 0 aliphatic heterocycles. The monoisotopic (exact) mass is 743 g/mol. The molecular formula is C54H33NOS. The van der Waals surface area contributed by atoms with E-state index in [1.807, 2.05) is 23.5 Å². The molecule has 2 aromatic heterocycles. The predicted octanol–water partition coefficient (Wildman–Crippen LogP) is 16.2. The lowest BCUT2D eigenvalue weighted by Crippen LogP contribution is -2.12. The van der Waals surface area contributed by atoms with Gasteiger partial charge in [0.15, 0.2) is 0 Å². The highest BCUT2D eigenvalue weighted by molar-refractivity contribution is 7.25. The Morgan fingerprint density at radius 1 is 0.351 bits per heavy atom. The van der Waals surface area contributed by atoms with Gasteiger partial charge in [0.1, 0.15) is 11.2 Å². The van der Waals surface area contributed by atoms with Gasteiger partial charge in [-0.3, -0.25) is 0 Å². The number of nitrogens with zero attached hydrogens (tertiary/aromatic N) is 1. The minimum atomic E-state index is 0.901. The van der Waals surface area contributed by atoms with Gasteiger partial charge in [0.05, 0.1) is 5.69 Å². The van der Waals surface area contributed by atoms with Crippen LogP contribution in [0.3, 0.4) is 0 Å². The van der Waals surface area contributed by atoms with Crippen LogP contribution in [0, 0.1) is 0 Å². The van der Waals surface area contributed by atoms with E-state index in [-0.39, 0.29) is 0 Å². The normalized spacial score (nSPS) is 11.9. The number of furan rings is 1. The molecule has 0 fully saturated rings. The lowest BCUT2D eigenvalue weighted by molar-refractivity contribution is 0.669. The molecule has 0 unspecified atom stereocenters. The van der Waals surface area contributed by atoms with Crippen molar-refractivity contribution in [2.75, 3.05) is 4.90 Å². The van der Waals surface area contributed by atoms with Gasteiger partial charge in [-0.15, -0.1) is 11.3 Å². The van der Waals surface area contributed by atoms with E-state index >= 15 is 0 Å². The lowest BCUT2D eigenvalue weighted by atomic mass is 9.88. The first-order valence-corrected chi connectivity index (χ1v) is 20.2. The Kier molecular flexibility index (Phi) is 7.13. The number of hydrogen-bond donors (Lipinski definition) is 0. The minimum Gasteiger partial charge on any atom is -0.456 e. The van der Waals surface area contributed by atoms with Gasteiger partial charge < -0.3 is 9.32 Å². The van der Waals surface area contributed by atoms with Crippen LogP contribution in [0.2, 0.25) is 0 Å². The molecule has 266 valence electrons. The molecule has 0 atom stereocenters. The zero-order chi connectivity index (χ0) is 37.5. The second-order valence-corrected chi connectivity index (χ2v) is 15.9. The highest BCUT2D eigenvalue weighted by Gasteiger charge is 2.25. The summed E-state index contributed by atoms with van der Waals surface area (Å²) >= 11 is 1.85. The summed E-state index contributed by atoms with van der Waals surface area (Å²) in [5.74, 6) is 0. The summed E-state index contributed by atoms with van der Waals surface area (Å²) in [6.07, 6.45) is 0. The maximum absolute atomic E-state index is 6.31. The highest BCUT2D eigenvalue weighted by atomic mass is 32.1. The number of hydrogen-bond acceptors (Lipinski definition) is 3. The number of benzene rings is 10. The Morgan fingerprint density at radius 3 is 1.79 bits per heavy atom. The first kappa shape index (κ1) is 32.1. The van der Waals surface area contributed by atoms with E-state index in [1.54, 1.807) is 0 Å². The van der Waals surface area contributed by atoms with Gasteiger partial charge in [-0.25, -0.2) is 0 Å². The first-order valence-electron chi connectivity index (χ1n) is 19.4. The molecule has 0 spiro atoms.